The number of quaternary nitrogens is 1. The molecule has 0 saturated heterocycles. The Morgan fingerprint density at radius 3 is 1.83 bits per heavy atom. The van der Waals surface area contributed by atoms with Crippen molar-refractivity contribution in [2.75, 3.05) is 47.9 Å². The van der Waals surface area contributed by atoms with Crippen LogP contribution in [0, 0.1) is 0 Å². The first-order valence-electron chi connectivity index (χ1n) is 13.7. The smallest absolute Gasteiger partial charge is 0.315 e. The molecule has 8 heteroatoms. The van der Waals surface area contributed by atoms with E-state index in [1.807, 2.05) is 21.1 Å². The number of hydrogen-bond acceptors (Lipinski definition) is 5. The molecular weight excluding hydrogens is 446 g/mol. The maximum Gasteiger partial charge on any atom is 0.315 e. The lowest BCUT2D eigenvalue weighted by Gasteiger charge is -2.29. The number of ether oxygens (including phenoxy) is 2. The molecular formula is C27H54N3O5+. The van der Waals surface area contributed by atoms with Crippen LogP contribution in [0.25, 0.3) is 0 Å². The minimum Gasteiger partial charge on any atom is -0.469 e. The molecule has 0 radical (unpaired) electrons. The summed E-state index contributed by atoms with van der Waals surface area (Å²) in [5.74, 6) is -0.704. The predicted molar refractivity (Wildman–Crippen MR) is 141 cm³/mol. The summed E-state index contributed by atoms with van der Waals surface area (Å²) in [4.78, 5) is 35.7. The van der Waals surface area contributed by atoms with E-state index in [2.05, 4.69) is 22.3 Å². The van der Waals surface area contributed by atoms with Gasteiger partial charge in [0.25, 0.3) is 0 Å². The molecule has 0 spiro atoms. The molecule has 0 aliphatic rings. The fourth-order valence-corrected chi connectivity index (χ4v) is 3.99. The van der Waals surface area contributed by atoms with Gasteiger partial charge in [-0.1, -0.05) is 77.6 Å². The molecule has 0 aliphatic heterocycles. The van der Waals surface area contributed by atoms with E-state index in [9.17, 15) is 14.4 Å². The van der Waals surface area contributed by atoms with Crippen LogP contribution in [0.5, 0.6) is 0 Å². The summed E-state index contributed by atoms with van der Waals surface area (Å²) in [5.41, 5.74) is 0. The number of methoxy groups -OCH3 is 1. The molecule has 0 aromatic rings. The van der Waals surface area contributed by atoms with Crippen LogP contribution in [0.3, 0.4) is 0 Å². The van der Waals surface area contributed by atoms with Crippen LogP contribution >= 0.6 is 0 Å². The van der Waals surface area contributed by atoms with Gasteiger partial charge in [0, 0.05) is 13.0 Å². The molecule has 35 heavy (non-hydrogen) atoms. The van der Waals surface area contributed by atoms with Crippen LogP contribution in [-0.4, -0.2) is 76.4 Å². The fraction of sp³-hybridized carbons (Fsp3) is 0.889. The number of carbonyl (C=O) groups excluding carboxylic acids is 3. The highest BCUT2D eigenvalue weighted by molar-refractivity contribution is 5.76. The SMILES string of the molecule is CCCCCCCCCCCCCCNC(=O)N[C@H](CC(=O)OCCCC(=O)OC)C[N+](C)(C)C. The van der Waals surface area contributed by atoms with Gasteiger partial charge in [-0.15, -0.1) is 0 Å². The third kappa shape index (κ3) is 23.7. The van der Waals surface area contributed by atoms with Gasteiger partial charge in [0.05, 0.1) is 53.9 Å². The van der Waals surface area contributed by atoms with E-state index >= 15 is 0 Å². The minimum atomic E-state index is -0.380. The molecule has 2 N–H and O–H groups in total. The molecule has 1 atom stereocenters. The number of unbranched alkanes of at least 4 members (excludes halogenated alkanes) is 11. The topological polar surface area (TPSA) is 93.7 Å². The average Bonchev–Trinajstić information content (AvgIpc) is 2.78. The van der Waals surface area contributed by atoms with Crippen molar-refractivity contribution in [1.82, 2.24) is 10.6 Å². The van der Waals surface area contributed by atoms with Crippen LogP contribution in [0.1, 0.15) is 103 Å². The van der Waals surface area contributed by atoms with Crippen molar-refractivity contribution in [3.8, 4) is 0 Å². The van der Waals surface area contributed by atoms with Gasteiger partial charge in [0.2, 0.25) is 0 Å². The van der Waals surface area contributed by atoms with Gasteiger partial charge in [-0.3, -0.25) is 9.59 Å². The molecule has 206 valence electrons. The lowest BCUT2D eigenvalue weighted by atomic mass is 10.1. The zero-order valence-corrected chi connectivity index (χ0v) is 23.3. The van der Waals surface area contributed by atoms with E-state index in [1.54, 1.807) is 0 Å². The van der Waals surface area contributed by atoms with Gasteiger partial charge in [0.1, 0.15) is 0 Å². The zero-order valence-electron chi connectivity index (χ0n) is 23.3. The summed E-state index contributed by atoms with van der Waals surface area (Å²) in [7, 11) is 7.38. The summed E-state index contributed by atoms with van der Waals surface area (Å²) in [6.45, 7) is 3.65. The second-order valence-electron chi connectivity index (χ2n) is 10.6. The van der Waals surface area contributed by atoms with Crippen molar-refractivity contribution < 1.29 is 28.3 Å². The zero-order chi connectivity index (χ0) is 26.4. The van der Waals surface area contributed by atoms with Crippen LogP contribution in [0.15, 0.2) is 0 Å². The van der Waals surface area contributed by atoms with Crippen molar-refractivity contribution in [3.05, 3.63) is 0 Å². The van der Waals surface area contributed by atoms with Gasteiger partial charge in [-0.2, -0.15) is 0 Å². The highest BCUT2D eigenvalue weighted by atomic mass is 16.5. The first-order valence-corrected chi connectivity index (χ1v) is 13.7. The Morgan fingerprint density at radius 1 is 0.771 bits per heavy atom. The second kappa shape index (κ2) is 21.5. The maximum atomic E-state index is 12.4. The number of likely N-dealkylation sites (N-methyl/N-ethyl adjacent to an activating group) is 1. The standard InChI is InChI=1S/C27H53N3O5/c1-6-7-8-9-10-11-12-13-14-15-16-17-20-28-27(33)29-24(23-30(2,3)4)22-26(32)35-21-18-19-25(31)34-5/h24H,6-23H2,1-5H3,(H-,28,29,33)/p+1/t24-/m1/s1. The minimum absolute atomic E-state index is 0.0970. The lowest BCUT2D eigenvalue weighted by molar-refractivity contribution is -0.871. The number of nitrogens with one attached hydrogen (secondary N) is 2. The Bertz CT molecular complexity index is 564. The summed E-state index contributed by atoms with van der Waals surface area (Å²) >= 11 is 0. The van der Waals surface area contributed by atoms with Crippen molar-refractivity contribution in [1.29, 1.82) is 0 Å². The number of rotatable bonds is 22. The van der Waals surface area contributed by atoms with Crippen LogP contribution in [-0.2, 0) is 19.1 Å². The van der Waals surface area contributed by atoms with Gasteiger partial charge < -0.3 is 24.6 Å². The van der Waals surface area contributed by atoms with E-state index in [0.29, 0.717) is 24.0 Å². The number of urea groups is 1. The van der Waals surface area contributed by atoms with Crippen molar-refractivity contribution in [2.45, 2.75) is 109 Å². The highest BCUT2D eigenvalue weighted by Crippen LogP contribution is 2.11. The summed E-state index contributed by atoms with van der Waals surface area (Å²) < 4.78 is 10.4. The van der Waals surface area contributed by atoms with E-state index < -0.39 is 0 Å². The number of esters is 2. The third-order valence-electron chi connectivity index (χ3n) is 5.85. The highest BCUT2D eigenvalue weighted by Gasteiger charge is 2.23. The Kier molecular flexibility index (Phi) is 20.3. The van der Waals surface area contributed by atoms with Gasteiger partial charge in [-0.05, 0) is 12.8 Å². The Labute approximate surface area is 214 Å². The van der Waals surface area contributed by atoms with Crippen molar-refractivity contribution in [2.24, 2.45) is 0 Å². The van der Waals surface area contributed by atoms with E-state index in [1.165, 1.54) is 71.3 Å². The molecule has 0 heterocycles. The van der Waals surface area contributed by atoms with Crippen molar-refractivity contribution >= 4 is 18.0 Å². The Balaban J connectivity index is 3.99. The molecule has 0 rings (SSSR count). The second-order valence-corrected chi connectivity index (χ2v) is 10.6. The molecule has 2 amide bonds. The quantitative estimate of drug-likeness (QED) is 0.125. The Hall–Kier alpha value is -1.83. The Morgan fingerprint density at radius 2 is 1.31 bits per heavy atom. The van der Waals surface area contributed by atoms with Gasteiger partial charge >= 0.3 is 18.0 Å². The number of hydrogen-bond donors (Lipinski definition) is 2. The molecule has 8 nitrogen and oxygen atoms in total. The normalized spacial score (nSPS) is 12.1. The molecule has 0 saturated carbocycles. The molecule has 0 fully saturated rings. The lowest BCUT2D eigenvalue weighted by Crippen LogP contribution is -2.52. The monoisotopic (exact) mass is 500 g/mol. The van der Waals surface area contributed by atoms with Gasteiger partial charge in [0.15, 0.2) is 0 Å². The molecule has 0 aromatic carbocycles. The number of amides is 2. The predicted octanol–water partition coefficient (Wildman–Crippen LogP) is 4.95. The van der Waals surface area contributed by atoms with Crippen molar-refractivity contribution in [3.63, 3.8) is 0 Å². The maximum absolute atomic E-state index is 12.4. The molecule has 0 bridgehead atoms. The first-order chi connectivity index (χ1) is 16.7. The third-order valence-corrected chi connectivity index (χ3v) is 5.85. The van der Waals surface area contributed by atoms with E-state index in [0.717, 1.165) is 12.8 Å². The van der Waals surface area contributed by atoms with E-state index in [4.69, 9.17) is 4.74 Å². The fourth-order valence-electron chi connectivity index (χ4n) is 3.99. The largest absolute Gasteiger partial charge is 0.469 e. The molecule has 0 aromatic heterocycles. The van der Waals surface area contributed by atoms with Gasteiger partial charge in [-0.25, -0.2) is 4.79 Å². The summed E-state index contributed by atoms with van der Waals surface area (Å²) in [6.07, 6.45) is 16.1. The molecule has 0 aliphatic carbocycles. The first kappa shape index (κ1) is 33.2. The molecule has 0 unspecified atom stereocenters. The average molecular weight is 501 g/mol. The number of carbonyl (C=O) groups is 3. The van der Waals surface area contributed by atoms with Crippen LogP contribution in [0.2, 0.25) is 0 Å². The number of nitrogens with zero attached hydrogens (tertiary/aromatic N) is 1. The summed E-state index contributed by atoms with van der Waals surface area (Å²) in [6, 6.07) is -0.574. The van der Waals surface area contributed by atoms with Crippen LogP contribution < -0.4 is 10.6 Å². The van der Waals surface area contributed by atoms with Crippen LogP contribution in [0.4, 0.5) is 4.79 Å². The summed E-state index contributed by atoms with van der Waals surface area (Å²) in [5, 5.41) is 5.84. The van der Waals surface area contributed by atoms with E-state index in [-0.39, 0.29) is 43.5 Å².